The van der Waals surface area contributed by atoms with Crippen LogP contribution in [0.4, 0.5) is 0 Å². The quantitative estimate of drug-likeness (QED) is 0.642. The van der Waals surface area contributed by atoms with Crippen LogP contribution >= 0.6 is 0 Å². The summed E-state index contributed by atoms with van der Waals surface area (Å²) in [5, 5.41) is 3.20. The summed E-state index contributed by atoms with van der Waals surface area (Å²) < 4.78 is 5.03. The number of ether oxygens (including phenoxy) is 1. The smallest absolute Gasteiger partial charge is 0.124 e. The fourth-order valence-electron chi connectivity index (χ4n) is 0.913. The van der Waals surface area contributed by atoms with Gasteiger partial charge in [0.05, 0.1) is 13.7 Å². The van der Waals surface area contributed by atoms with Crippen LogP contribution in [0.1, 0.15) is 13.8 Å². The summed E-state index contributed by atoms with van der Waals surface area (Å²) in [4.78, 5) is 4.22. The molecule has 0 atom stereocenters. The molecule has 0 aromatic rings. The zero-order valence-corrected chi connectivity index (χ0v) is 7.22. The summed E-state index contributed by atoms with van der Waals surface area (Å²) in [5.74, 6) is 1.85. The van der Waals surface area contributed by atoms with Crippen molar-refractivity contribution in [2.24, 2.45) is 4.99 Å². The molecule has 0 bridgehead atoms. The molecule has 1 aliphatic rings. The van der Waals surface area contributed by atoms with Crippen molar-refractivity contribution >= 4 is 5.84 Å². The third-order valence-corrected chi connectivity index (χ3v) is 1.40. The van der Waals surface area contributed by atoms with Gasteiger partial charge < -0.3 is 10.1 Å². The van der Waals surface area contributed by atoms with Crippen molar-refractivity contribution in [1.29, 1.82) is 0 Å². The molecule has 0 saturated carbocycles. The molecule has 1 heterocycles. The number of nitrogens with one attached hydrogen (secondary N) is 1. The van der Waals surface area contributed by atoms with Crippen LogP contribution in [0.25, 0.3) is 0 Å². The van der Waals surface area contributed by atoms with Crippen molar-refractivity contribution in [1.82, 2.24) is 5.32 Å². The van der Waals surface area contributed by atoms with Crippen LogP contribution in [0.3, 0.4) is 0 Å². The Labute approximate surface area is 67.2 Å². The van der Waals surface area contributed by atoms with Crippen LogP contribution in [0.5, 0.6) is 0 Å². The highest BCUT2D eigenvalue weighted by Crippen LogP contribution is 2.04. The molecule has 0 aliphatic carbocycles. The molecule has 0 aromatic heterocycles. The predicted molar refractivity (Wildman–Crippen MR) is 45.7 cm³/mol. The number of hydrogen-bond acceptors (Lipinski definition) is 3. The van der Waals surface area contributed by atoms with Crippen LogP contribution in [0.2, 0.25) is 0 Å². The summed E-state index contributed by atoms with van der Waals surface area (Å²) in [6.45, 7) is 4.84. The van der Waals surface area contributed by atoms with Crippen molar-refractivity contribution in [2.75, 3.05) is 13.7 Å². The Morgan fingerprint density at radius 2 is 2.36 bits per heavy atom. The van der Waals surface area contributed by atoms with Crippen molar-refractivity contribution < 1.29 is 4.74 Å². The molecule has 11 heavy (non-hydrogen) atoms. The highest BCUT2D eigenvalue weighted by atomic mass is 16.5. The molecular formula is C8H14N2O. The largest absolute Gasteiger partial charge is 0.499 e. The number of hydrogen-bond donors (Lipinski definition) is 1. The first-order chi connectivity index (χ1) is 5.22. The van der Waals surface area contributed by atoms with Crippen LogP contribution in [-0.4, -0.2) is 25.5 Å². The van der Waals surface area contributed by atoms with E-state index in [0.29, 0.717) is 12.6 Å². The van der Waals surface area contributed by atoms with Crippen LogP contribution in [-0.2, 0) is 4.74 Å². The van der Waals surface area contributed by atoms with E-state index < -0.39 is 0 Å². The number of amidine groups is 1. The Morgan fingerprint density at radius 1 is 1.64 bits per heavy atom. The van der Waals surface area contributed by atoms with Gasteiger partial charge in [-0.3, -0.25) is 4.99 Å². The van der Waals surface area contributed by atoms with E-state index in [4.69, 9.17) is 4.74 Å². The molecular weight excluding hydrogens is 140 g/mol. The fraction of sp³-hybridized carbons (Fsp3) is 0.625. The van der Waals surface area contributed by atoms with E-state index >= 15 is 0 Å². The van der Waals surface area contributed by atoms with Crippen molar-refractivity contribution in [3.8, 4) is 0 Å². The second kappa shape index (κ2) is 3.42. The SMILES string of the molecule is COC1=CC(NC(C)C)=NC1. The Morgan fingerprint density at radius 3 is 2.82 bits per heavy atom. The second-order valence-corrected chi connectivity index (χ2v) is 2.82. The Balaban J connectivity index is 2.44. The summed E-state index contributed by atoms with van der Waals surface area (Å²) in [5.41, 5.74) is 0. The molecule has 0 aromatic carbocycles. The maximum atomic E-state index is 5.03. The first-order valence-electron chi connectivity index (χ1n) is 3.78. The lowest BCUT2D eigenvalue weighted by atomic mass is 10.4. The van der Waals surface area contributed by atoms with E-state index in [0.717, 1.165) is 11.6 Å². The second-order valence-electron chi connectivity index (χ2n) is 2.82. The average Bonchev–Trinajstić information content (AvgIpc) is 2.34. The van der Waals surface area contributed by atoms with Gasteiger partial charge in [0.2, 0.25) is 0 Å². The molecule has 1 N–H and O–H groups in total. The highest BCUT2D eigenvalue weighted by Gasteiger charge is 2.07. The number of aliphatic imine (C=N–C) groups is 1. The molecule has 0 saturated heterocycles. The molecule has 0 unspecified atom stereocenters. The van der Waals surface area contributed by atoms with Crippen molar-refractivity contribution in [2.45, 2.75) is 19.9 Å². The van der Waals surface area contributed by atoms with Gasteiger partial charge in [-0.2, -0.15) is 0 Å². The summed E-state index contributed by atoms with van der Waals surface area (Å²) in [7, 11) is 1.67. The molecule has 62 valence electrons. The fourth-order valence-corrected chi connectivity index (χ4v) is 0.913. The molecule has 3 nitrogen and oxygen atoms in total. The van der Waals surface area contributed by atoms with Crippen molar-refractivity contribution in [3.05, 3.63) is 11.8 Å². The summed E-state index contributed by atoms with van der Waals surface area (Å²) in [6, 6.07) is 0.432. The van der Waals surface area contributed by atoms with Gasteiger partial charge >= 0.3 is 0 Å². The van der Waals surface area contributed by atoms with Crippen LogP contribution in [0, 0.1) is 0 Å². The molecule has 1 rings (SSSR count). The Kier molecular flexibility index (Phi) is 2.52. The third kappa shape index (κ3) is 2.26. The minimum Gasteiger partial charge on any atom is -0.499 e. The van der Waals surface area contributed by atoms with Crippen LogP contribution < -0.4 is 5.32 Å². The van der Waals surface area contributed by atoms with E-state index in [-0.39, 0.29) is 0 Å². The van der Waals surface area contributed by atoms with E-state index in [1.165, 1.54) is 0 Å². The first kappa shape index (κ1) is 8.11. The maximum Gasteiger partial charge on any atom is 0.124 e. The van der Waals surface area contributed by atoms with Gasteiger partial charge in [-0.25, -0.2) is 0 Å². The lowest BCUT2D eigenvalue weighted by Gasteiger charge is -2.06. The topological polar surface area (TPSA) is 33.6 Å². The Bertz CT molecular complexity index is 194. The summed E-state index contributed by atoms with van der Waals surface area (Å²) in [6.07, 6.45) is 1.93. The van der Waals surface area contributed by atoms with Gasteiger partial charge in [-0.15, -0.1) is 0 Å². The van der Waals surface area contributed by atoms with E-state index in [1.54, 1.807) is 7.11 Å². The van der Waals surface area contributed by atoms with E-state index in [1.807, 2.05) is 6.08 Å². The standard InChI is InChI=1S/C8H14N2O/c1-6(2)10-8-4-7(11-3)5-9-8/h4,6H,5H2,1-3H3,(H,9,10). The van der Waals surface area contributed by atoms with Gasteiger partial charge in [-0.05, 0) is 13.8 Å². The highest BCUT2D eigenvalue weighted by molar-refractivity contribution is 5.95. The van der Waals surface area contributed by atoms with Crippen LogP contribution in [0.15, 0.2) is 16.8 Å². The summed E-state index contributed by atoms with van der Waals surface area (Å²) >= 11 is 0. The minimum atomic E-state index is 0.432. The number of methoxy groups -OCH3 is 1. The minimum absolute atomic E-state index is 0.432. The van der Waals surface area contributed by atoms with Crippen molar-refractivity contribution in [3.63, 3.8) is 0 Å². The average molecular weight is 154 g/mol. The van der Waals surface area contributed by atoms with Gasteiger partial charge in [-0.1, -0.05) is 0 Å². The Hall–Kier alpha value is -0.990. The third-order valence-electron chi connectivity index (χ3n) is 1.40. The molecule has 1 aliphatic heterocycles. The van der Waals surface area contributed by atoms with Gasteiger partial charge in [0, 0.05) is 12.1 Å². The van der Waals surface area contributed by atoms with Gasteiger partial charge in [0.25, 0.3) is 0 Å². The van der Waals surface area contributed by atoms with E-state index in [2.05, 4.69) is 24.2 Å². The van der Waals surface area contributed by atoms with Gasteiger partial charge in [0.15, 0.2) is 0 Å². The first-order valence-corrected chi connectivity index (χ1v) is 3.78. The molecule has 0 radical (unpaired) electrons. The monoisotopic (exact) mass is 154 g/mol. The molecule has 3 heteroatoms. The maximum absolute atomic E-state index is 5.03. The zero-order chi connectivity index (χ0) is 8.27. The normalized spacial score (nSPS) is 16.4. The number of rotatable bonds is 2. The van der Waals surface area contributed by atoms with Gasteiger partial charge in [0.1, 0.15) is 11.6 Å². The molecule has 0 fully saturated rings. The lowest BCUT2D eigenvalue weighted by molar-refractivity contribution is 0.290. The zero-order valence-electron chi connectivity index (χ0n) is 7.22. The number of nitrogens with zero attached hydrogens (tertiary/aromatic N) is 1. The molecule has 0 spiro atoms. The lowest BCUT2D eigenvalue weighted by Crippen LogP contribution is -2.27. The molecule has 0 amide bonds. The van der Waals surface area contributed by atoms with E-state index in [9.17, 15) is 0 Å². The predicted octanol–water partition coefficient (Wildman–Crippen LogP) is 0.927.